The van der Waals surface area contributed by atoms with Crippen molar-refractivity contribution < 1.29 is 0 Å². The van der Waals surface area contributed by atoms with Crippen LogP contribution in [0.15, 0.2) is 18.2 Å². The van der Waals surface area contributed by atoms with Crippen LogP contribution >= 0.6 is 0 Å². The summed E-state index contributed by atoms with van der Waals surface area (Å²) in [5.74, 6) is 0.777. The molecule has 1 rings (SSSR count). The topological polar surface area (TPSA) is 12.0 Å². The summed E-state index contributed by atoms with van der Waals surface area (Å²) < 4.78 is 0. The highest BCUT2D eigenvalue weighted by Crippen LogP contribution is 2.27. The SMILES string of the molecule is CCCNC(CC(C)CC)c1cc(CC)ccc1CC. The van der Waals surface area contributed by atoms with Crippen LogP contribution in [0, 0.1) is 5.92 Å². The minimum atomic E-state index is 0.520. The van der Waals surface area contributed by atoms with Crippen molar-refractivity contribution in [1.29, 1.82) is 0 Å². The highest BCUT2D eigenvalue weighted by molar-refractivity contribution is 5.34. The Morgan fingerprint density at radius 1 is 1.05 bits per heavy atom. The third kappa shape index (κ3) is 4.94. The van der Waals surface area contributed by atoms with Gasteiger partial charge in [-0.05, 0) is 54.8 Å². The molecule has 0 radical (unpaired) electrons. The predicted octanol–water partition coefficient (Wildman–Crippen LogP) is 5.29. The summed E-state index contributed by atoms with van der Waals surface area (Å²) in [7, 11) is 0. The summed E-state index contributed by atoms with van der Waals surface area (Å²) in [5.41, 5.74) is 4.52. The van der Waals surface area contributed by atoms with E-state index in [0.717, 1.165) is 25.3 Å². The van der Waals surface area contributed by atoms with Crippen molar-refractivity contribution in [2.24, 2.45) is 5.92 Å². The Kier molecular flexibility index (Phi) is 7.91. The van der Waals surface area contributed by atoms with Crippen molar-refractivity contribution in [3.8, 4) is 0 Å². The fourth-order valence-electron chi connectivity index (χ4n) is 2.72. The van der Waals surface area contributed by atoms with Gasteiger partial charge >= 0.3 is 0 Å². The standard InChI is InChI=1S/C19H33N/c1-6-12-20-19(13-15(5)7-2)18-14-16(8-3)10-11-17(18)9-4/h10-11,14-15,19-20H,6-9,12-13H2,1-5H3. The fraction of sp³-hybridized carbons (Fsp3) is 0.684. The van der Waals surface area contributed by atoms with Crippen molar-refractivity contribution in [3.05, 3.63) is 34.9 Å². The Labute approximate surface area is 126 Å². The molecule has 1 heteroatoms. The minimum absolute atomic E-state index is 0.520. The maximum absolute atomic E-state index is 3.78. The van der Waals surface area contributed by atoms with Crippen LogP contribution in [0.4, 0.5) is 0 Å². The van der Waals surface area contributed by atoms with E-state index in [-0.39, 0.29) is 0 Å². The maximum atomic E-state index is 3.78. The van der Waals surface area contributed by atoms with Gasteiger partial charge in [0.15, 0.2) is 0 Å². The Hall–Kier alpha value is -0.820. The summed E-state index contributed by atoms with van der Waals surface area (Å²) in [4.78, 5) is 0. The molecule has 114 valence electrons. The lowest BCUT2D eigenvalue weighted by Gasteiger charge is -2.25. The Morgan fingerprint density at radius 2 is 1.80 bits per heavy atom. The molecular formula is C19H33N. The minimum Gasteiger partial charge on any atom is -0.310 e. The van der Waals surface area contributed by atoms with Crippen LogP contribution in [0.3, 0.4) is 0 Å². The van der Waals surface area contributed by atoms with E-state index in [9.17, 15) is 0 Å². The van der Waals surface area contributed by atoms with Gasteiger partial charge < -0.3 is 5.32 Å². The van der Waals surface area contributed by atoms with Gasteiger partial charge in [-0.25, -0.2) is 0 Å². The molecule has 2 atom stereocenters. The number of hydrogen-bond acceptors (Lipinski definition) is 1. The largest absolute Gasteiger partial charge is 0.310 e. The molecular weight excluding hydrogens is 242 g/mol. The van der Waals surface area contributed by atoms with E-state index in [1.165, 1.54) is 30.4 Å². The average molecular weight is 275 g/mol. The second-order valence-corrected chi connectivity index (χ2v) is 6.00. The van der Waals surface area contributed by atoms with Gasteiger partial charge in [-0.3, -0.25) is 0 Å². The van der Waals surface area contributed by atoms with E-state index in [4.69, 9.17) is 0 Å². The monoisotopic (exact) mass is 275 g/mol. The van der Waals surface area contributed by atoms with Crippen LogP contribution in [-0.2, 0) is 12.8 Å². The molecule has 1 aromatic rings. The molecule has 0 fully saturated rings. The Balaban J connectivity index is 3.02. The van der Waals surface area contributed by atoms with Gasteiger partial charge in [0.1, 0.15) is 0 Å². The van der Waals surface area contributed by atoms with Gasteiger partial charge in [-0.15, -0.1) is 0 Å². The molecule has 0 aliphatic rings. The predicted molar refractivity (Wildman–Crippen MR) is 90.3 cm³/mol. The third-order valence-corrected chi connectivity index (χ3v) is 4.35. The van der Waals surface area contributed by atoms with Gasteiger partial charge in [0.05, 0.1) is 0 Å². The first-order chi connectivity index (χ1) is 9.65. The molecule has 0 saturated carbocycles. The van der Waals surface area contributed by atoms with E-state index in [1.54, 1.807) is 5.56 Å². The summed E-state index contributed by atoms with van der Waals surface area (Å²) in [6.45, 7) is 12.5. The van der Waals surface area contributed by atoms with Crippen LogP contribution < -0.4 is 5.32 Å². The zero-order valence-electron chi connectivity index (χ0n) is 14.1. The van der Waals surface area contributed by atoms with E-state index < -0.39 is 0 Å². The van der Waals surface area contributed by atoms with Crippen molar-refractivity contribution >= 4 is 0 Å². The van der Waals surface area contributed by atoms with E-state index >= 15 is 0 Å². The summed E-state index contributed by atoms with van der Waals surface area (Å²) in [6.07, 6.45) is 5.97. The van der Waals surface area contributed by atoms with Crippen molar-refractivity contribution in [3.63, 3.8) is 0 Å². The Bertz CT molecular complexity index is 383. The molecule has 0 aromatic heterocycles. The Morgan fingerprint density at radius 3 is 2.35 bits per heavy atom. The average Bonchev–Trinajstić information content (AvgIpc) is 2.50. The molecule has 0 aliphatic heterocycles. The van der Waals surface area contributed by atoms with Gasteiger partial charge in [0.25, 0.3) is 0 Å². The van der Waals surface area contributed by atoms with Crippen molar-refractivity contribution in [2.45, 2.75) is 72.8 Å². The second kappa shape index (κ2) is 9.18. The highest BCUT2D eigenvalue weighted by atomic mass is 14.9. The first kappa shape index (κ1) is 17.2. The lowest BCUT2D eigenvalue weighted by Crippen LogP contribution is -2.25. The lowest BCUT2D eigenvalue weighted by molar-refractivity contribution is 0.400. The van der Waals surface area contributed by atoms with Crippen LogP contribution in [0.25, 0.3) is 0 Å². The molecule has 1 nitrogen and oxygen atoms in total. The molecule has 0 saturated heterocycles. The zero-order chi connectivity index (χ0) is 15.0. The van der Waals surface area contributed by atoms with Crippen molar-refractivity contribution in [1.82, 2.24) is 5.32 Å². The number of aryl methyl sites for hydroxylation is 2. The first-order valence-corrected chi connectivity index (χ1v) is 8.51. The smallest absolute Gasteiger partial charge is 0.0325 e. The number of benzene rings is 1. The molecule has 2 unspecified atom stereocenters. The fourth-order valence-corrected chi connectivity index (χ4v) is 2.72. The highest BCUT2D eigenvalue weighted by Gasteiger charge is 2.17. The molecule has 1 N–H and O–H groups in total. The molecule has 0 amide bonds. The molecule has 0 spiro atoms. The van der Waals surface area contributed by atoms with Crippen LogP contribution in [0.2, 0.25) is 0 Å². The number of rotatable bonds is 9. The zero-order valence-corrected chi connectivity index (χ0v) is 14.1. The second-order valence-electron chi connectivity index (χ2n) is 6.00. The van der Waals surface area contributed by atoms with Gasteiger partial charge in [-0.1, -0.05) is 59.2 Å². The molecule has 1 aromatic carbocycles. The number of nitrogens with one attached hydrogen (secondary N) is 1. The van der Waals surface area contributed by atoms with E-state index in [2.05, 4.69) is 58.1 Å². The quantitative estimate of drug-likeness (QED) is 0.646. The van der Waals surface area contributed by atoms with Gasteiger partial charge in [-0.2, -0.15) is 0 Å². The van der Waals surface area contributed by atoms with Crippen LogP contribution in [-0.4, -0.2) is 6.54 Å². The summed E-state index contributed by atoms with van der Waals surface area (Å²) in [6, 6.07) is 7.59. The maximum Gasteiger partial charge on any atom is 0.0325 e. The van der Waals surface area contributed by atoms with E-state index in [0.29, 0.717) is 6.04 Å². The van der Waals surface area contributed by atoms with Crippen molar-refractivity contribution in [2.75, 3.05) is 6.54 Å². The van der Waals surface area contributed by atoms with Crippen LogP contribution in [0.1, 0.15) is 76.6 Å². The van der Waals surface area contributed by atoms with Gasteiger partial charge in [0.2, 0.25) is 0 Å². The number of hydrogen-bond donors (Lipinski definition) is 1. The first-order valence-electron chi connectivity index (χ1n) is 8.51. The van der Waals surface area contributed by atoms with Crippen LogP contribution in [0.5, 0.6) is 0 Å². The third-order valence-electron chi connectivity index (χ3n) is 4.35. The summed E-state index contributed by atoms with van der Waals surface area (Å²) in [5, 5.41) is 3.78. The van der Waals surface area contributed by atoms with Gasteiger partial charge in [0, 0.05) is 6.04 Å². The molecule has 0 heterocycles. The molecule has 20 heavy (non-hydrogen) atoms. The lowest BCUT2D eigenvalue weighted by atomic mass is 9.89. The summed E-state index contributed by atoms with van der Waals surface area (Å²) >= 11 is 0. The normalized spacial score (nSPS) is 14.2. The van der Waals surface area contributed by atoms with E-state index in [1.807, 2.05) is 0 Å². The molecule has 0 aliphatic carbocycles. The molecule has 0 bridgehead atoms.